The molecule has 2 atom stereocenters. The van der Waals surface area contributed by atoms with E-state index in [1.54, 1.807) is 11.8 Å². The standard InChI is InChI=1S/C14H26N4O/c1-10-6-5-7-18(9-10)12(8-15)13-11(2)16-17(3)14(13)19-4/h10,12H,5-9,15H2,1-4H3. The van der Waals surface area contributed by atoms with Crippen molar-refractivity contribution >= 4 is 0 Å². The van der Waals surface area contributed by atoms with Gasteiger partial charge < -0.3 is 10.5 Å². The van der Waals surface area contributed by atoms with Crippen LogP contribution in [0.4, 0.5) is 0 Å². The van der Waals surface area contributed by atoms with Crippen molar-refractivity contribution in [3.05, 3.63) is 11.3 Å². The Morgan fingerprint density at radius 3 is 2.84 bits per heavy atom. The zero-order valence-electron chi connectivity index (χ0n) is 12.5. The molecule has 108 valence electrons. The summed E-state index contributed by atoms with van der Waals surface area (Å²) in [6, 6.07) is 0.214. The largest absolute Gasteiger partial charge is 0.481 e. The Kier molecular flexibility index (Phi) is 4.47. The van der Waals surface area contributed by atoms with Crippen molar-refractivity contribution in [1.29, 1.82) is 0 Å². The van der Waals surface area contributed by atoms with Gasteiger partial charge in [0.05, 0.1) is 24.4 Å². The fourth-order valence-electron chi connectivity index (χ4n) is 3.24. The molecule has 1 aliphatic rings. The SMILES string of the molecule is COc1c(C(CN)N2CCCC(C)C2)c(C)nn1C. The molecule has 0 bridgehead atoms. The van der Waals surface area contributed by atoms with E-state index in [0.29, 0.717) is 6.54 Å². The summed E-state index contributed by atoms with van der Waals surface area (Å²) in [5, 5.41) is 4.47. The molecule has 0 amide bonds. The number of ether oxygens (including phenoxy) is 1. The molecule has 19 heavy (non-hydrogen) atoms. The Morgan fingerprint density at radius 1 is 1.53 bits per heavy atom. The smallest absolute Gasteiger partial charge is 0.216 e. The monoisotopic (exact) mass is 266 g/mol. The number of hydrogen-bond donors (Lipinski definition) is 1. The predicted molar refractivity (Wildman–Crippen MR) is 76.3 cm³/mol. The summed E-state index contributed by atoms with van der Waals surface area (Å²) < 4.78 is 7.32. The lowest BCUT2D eigenvalue weighted by Gasteiger charge is -2.36. The topological polar surface area (TPSA) is 56.3 Å². The number of piperidine rings is 1. The van der Waals surface area contributed by atoms with Crippen molar-refractivity contribution in [1.82, 2.24) is 14.7 Å². The lowest BCUT2D eigenvalue weighted by molar-refractivity contribution is 0.130. The van der Waals surface area contributed by atoms with Gasteiger partial charge in [0, 0.05) is 20.1 Å². The summed E-state index contributed by atoms with van der Waals surface area (Å²) in [7, 11) is 3.62. The number of aryl methyl sites for hydroxylation is 2. The zero-order valence-corrected chi connectivity index (χ0v) is 12.5. The summed E-state index contributed by atoms with van der Waals surface area (Å²) in [6.45, 7) is 7.18. The van der Waals surface area contributed by atoms with Crippen LogP contribution in [0.25, 0.3) is 0 Å². The second-order valence-corrected chi connectivity index (χ2v) is 5.63. The van der Waals surface area contributed by atoms with Crippen LogP contribution < -0.4 is 10.5 Å². The molecular formula is C14H26N4O. The third-order valence-corrected chi connectivity index (χ3v) is 4.09. The molecule has 0 spiro atoms. The van der Waals surface area contributed by atoms with Crippen molar-refractivity contribution in [2.45, 2.75) is 32.7 Å². The molecule has 1 saturated heterocycles. The first-order valence-electron chi connectivity index (χ1n) is 7.10. The Hall–Kier alpha value is -1.07. The lowest BCUT2D eigenvalue weighted by Crippen LogP contribution is -2.40. The molecule has 2 unspecified atom stereocenters. The minimum atomic E-state index is 0.214. The summed E-state index contributed by atoms with van der Waals surface area (Å²) >= 11 is 0. The highest BCUT2D eigenvalue weighted by molar-refractivity contribution is 5.34. The van der Waals surface area contributed by atoms with E-state index in [2.05, 4.69) is 16.9 Å². The normalized spacial score (nSPS) is 22.5. The maximum atomic E-state index is 6.05. The van der Waals surface area contributed by atoms with Gasteiger partial charge >= 0.3 is 0 Å². The molecule has 5 nitrogen and oxygen atoms in total. The third kappa shape index (κ3) is 2.77. The summed E-state index contributed by atoms with van der Waals surface area (Å²) in [4.78, 5) is 2.49. The Morgan fingerprint density at radius 2 is 2.26 bits per heavy atom. The van der Waals surface area contributed by atoms with Crippen molar-refractivity contribution in [3.8, 4) is 5.88 Å². The van der Waals surface area contributed by atoms with Gasteiger partial charge in [-0.3, -0.25) is 4.90 Å². The number of methoxy groups -OCH3 is 1. The molecule has 2 N–H and O–H groups in total. The molecule has 5 heteroatoms. The van der Waals surface area contributed by atoms with E-state index >= 15 is 0 Å². The van der Waals surface area contributed by atoms with Gasteiger partial charge in [0.1, 0.15) is 0 Å². The van der Waals surface area contributed by atoms with Crippen LogP contribution in [0.5, 0.6) is 5.88 Å². The fraction of sp³-hybridized carbons (Fsp3) is 0.786. The second-order valence-electron chi connectivity index (χ2n) is 5.63. The van der Waals surface area contributed by atoms with Gasteiger partial charge in [-0.25, -0.2) is 4.68 Å². The third-order valence-electron chi connectivity index (χ3n) is 4.09. The fourth-order valence-corrected chi connectivity index (χ4v) is 3.24. The second kappa shape index (κ2) is 5.92. The maximum absolute atomic E-state index is 6.05. The number of nitrogens with two attached hydrogens (primary N) is 1. The van der Waals surface area contributed by atoms with Gasteiger partial charge in [-0.1, -0.05) is 6.92 Å². The van der Waals surface area contributed by atoms with Crippen LogP contribution in [0.15, 0.2) is 0 Å². The van der Waals surface area contributed by atoms with Crippen LogP contribution >= 0.6 is 0 Å². The van der Waals surface area contributed by atoms with E-state index in [0.717, 1.165) is 36.1 Å². The molecule has 0 aliphatic carbocycles. The van der Waals surface area contributed by atoms with Gasteiger partial charge in [0.15, 0.2) is 0 Å². The Bertz CT molecular complexity index is 429. The summed E-state index contributed by atoms with van der Waals surface area (Å²) in [5.41, 5.74) is 8.22. The predicted octanol–water partition coefficient (Wildman–Crippen LogP) is 1.47. The van der Waals surface area contributed by atoms with Crippen LogP contribution in [0.1, 0.15) is 37.1 Å². The van der Waals surface area contributed by atoms with Gasteiger partial charge in [0.2, 0.25) is 5.88 Å². The number of nitrogens with zero attached hydrogens (tertiary/aromatic N) is 3. The summed E-state index contributed by atoms with van der Waals surface area (Å²) in [5.74, 6) is 1.58. The van der Waals surface area contributed by atoms with Gasteiger partial charge in [-0.05, 0) is 32.2 Å². The molecule has 2 rings (SSSR count). The highest BCUT2D eigenvalue weighted by atomic mass is 16.5. The van der Waals surface area contributed by atoms with E-state index in [4.69, 9.17) is 10.5 Å². The van der Waals surface area contributed by atoms with Crippen LogP contribution in [-0.2, 0) is 7.05 Å². The van der Waals surface area contributed by atoms with E-state index in [-0.39, 0.29) is 6.04 Å². The first kappa shape index (κ1) is 14.3. The maximum Gasteiger partial charge on any atom is 0.216 e. The molecular weight excluding hydrogens is 240 g/mol. The molecule has 2 heterocycles. The first-order chi connectivity index (χ1) is 9.08. The molecule has 1 aromatic rings. The highest BCUT2D eigenvalue weighted by Gasteiger charge is 2.29. The van der Waals surface area contributed by atoms with Crippen molar-refractivity contribution < 1.29 is 4.74 Å². The first-order valence-corrected chi connectivity index (χ1v) is 7.10. The summed E-state index contributed by atoms with van der Waals surface area (Å²) in [6.07, 6.45) is 2.57. The van der Waals surface area contributed by atoms with Crippen molar-refractivity contribution in [3.63, 3.8) is 0 Å². The van der Waals surface area contributed by atoms with Crippen molar-refractivity contribution in [2.24, 2.45) is 18.7 Å². The average molecular weight is 266 g/mol. The molecule has 1 aliphatic heterocycles. The molecule has 0 aromatic carbocycles. The zero-order chi connectivity index (χ0) is 14.0. The van der Waals surface area contributed by atoms with Gasteiger partial charge in [0.25, 0.3) is 0 Å². The van der Waals surface area contributed by atoms with Gasteiger partial charge in [-0.15, -0.1) is 0 Å². The van der Waals surface area contributed by atoms with Crippen LogP contribution in [0, 0.1) is 12.8 Å². The Labute approximate surface area is 115 Å². The quantitative estimate of drug-likeness (QED) is 0.896. The van der Waals surface area contributed by atoms with E-state index in [9.17, 15) is 0 Å². The molecule has 1 aromatic heterocycles. The molecule has 1 fully saturated rings. The van der Waals surface area contributed by atoms with Crippen molar-refractivity contribution in [2.75, 3.05) is 26.7 Å². The minimum absolute atomic E-state index is 0.214. The van der Waals surface area contributed by atoms with E-state index in [1.807, 2.05) is 14.0 Å². The van der Waals surface area contributed by atoms with E-state index < -0.39 is 0 Å². The Balaban J connectivity index is 2.31. The van der Waals surface area contributed by atoms with E-state index in [1.165, 1.54) is 12.8 Å². The molecule has 0 saturated carbocycles. The number of likely N-dealkylation sites (tertiary alicyclic amines) is 1. The number of aromatic nitrogens is 2. The lowest BCUT2D eigenvalue weighted by atomic mass is 9.96. The molecule has 0 radical (unpaired) electrons. The van der Waals surface area contributed by atoms with Crippen LogP contribution in [0.3, 0.4) is 0 Å². The number of rotatable bonds is 4. The van der Waals surface area contributed by atoms with Crippen LogP contribution in [-0.4, -0.2) is 41.4 Å². The highest BCUT2D eigenvalue weighted by Crippen LogP contribution is 2.33. The van der Waals surface area contributed by atoms with Crippen LogP contribution in [0.2, 0.25) is 0 Å². The average Bonchev–Trinajstić information content (AvgIpc) is 2.65. The van der Waals surface area contributed by atoms with Gasteiger partial charge in [-0.2, -0.15) is 5.10 Å². The number of hydrogen-bond acceptors (Lipinski definition) is 4. The minimum Gasteiger partial charge on any atom is -0.481 e.